The molecule has 0 aliphatic heterocycles. The quantitative estimate of drug-likeness (QED) is 0.883. The van der Waals surface area contributed by atoms with E-state index >= 15 is 0 Å². The highest BCUT2D eigenvalue weighted by Gasteiger charge is 2.04. The Labute approximate surface area is 97.9 Å². The first kappa shape index (κ1) is 10.9. The van der Waals surface area contributed by atoms with Gasteiger partial charge in [-0.3, -0.25) is 4.79 Å². The minimum atomic E-state index is 0.00282. The van der Waals surface area contributed by atoms with Gasteiger partial charge in [-0.15, -0.1) is 11.3 Å². The smallest absolute Gasteiger partial charge is 0.227 e. The molecule has 0 aliphatic carbocycles. The average Bonchev–Trinajstić information content (AvgIpc) is 2.87. The second-order valence-electron chi connectivity index (χ2n) is 3.50. The second-order valence-corrected chi connectivity index (χ2v) is 4.73. The molecule has 1 N–H and O–H groups in total. The van der Waals surface area contributed by atoms with Gasteiger partial charge in [-0.2, -0.15) is 0 Å². The summed E-state index contributed by atoms with van der Waals surface area (Å²) in [6, 6.07) is 3.89. The van der Waals surface area contributed by atoms with Crippen LogP contribution in [0.1, 0.15) is 11.3 Å². The van der Waals surface area contributed by atoms with E-state index < -0.39 is 0 Å². The predicted octanol–water partition coefficient (Wildman–Crippen LogP) is 2.28. The summed E-state index contributed by atoms with van der Waals surface area (Å²) in [5.74, 6) is 0.00282. The fourth-order valence-electron chi connectivity index (χ4n) is 1.34. The largest absolute Gasteiger partial charge is 0.354 e. The van der Waals surface area contributed by atoms with E-state index in [-0.39, 0.29) is 5.91 Å². The van der Waals surface area contributed by atoms with E-state index in [1.54, 1.807) is 6.20 Å². The number of anilines is 1. The maximum atomic E-state index is 11.6. The number of amides is 1. The van der Waals surface area contributed by atoms with E-state index in [0.29, 0.717) is 18.1 Å². The summed E-state index contributed by atoms with van der Waals surface area (Å²) in [6.07, 6.45) is 6.11. The molecule has 5 heteroatoms. The molecule has 1 amide bonds. The van der Waals surface area contributed by atoms with Gasteiger partial charge in [0.25, 0.3) is 0 Å². The van der Waals surface area contributed by atoms with Crippen LogP contribution < -0.4 is 5.32 Å². The van der Waals surface area contributed by atoms with E-state index in [4.69, 9.17) is 0 Å². The van der Waals surface area contributed by atoms with Crippen molar-refractivity contribution in [3.8, 4) is 0 Å². The number of carbonyl (C=O) groups is 1. The zero-order valence-electron chi connectivity index (χ0n) is 9.01. The molecule has 0 fully saturated rings. The molecule has 0 aromatic carbocycles. The van der Waals surface area contributed by atoms with Crippen molar-refractivity contribution in [3.63, 3.8) is 0 Å². The van der Waals surface area contributed by atoms with Crippen molar-refractivity contribution in [2.45, 2.75) is 19.9 Å². The number of hydrogen-bond donors (Lipinski definition) is 1. The summed E-state index contributed by atoms with van der Waals surface area (Å²) in [5.41, 5.74) is 0. The van der Waals surface area contributed by atoms with Crippen molar-refractivity contribution in [1.82, 2.24) is 9.55 Å². The van der Waals surface area contributed by atoms with E-state index in [2.05, 4.69) is 10.3 Å². The molecule has 2 aromatic rings. The lowest BCUT2D eigenvalue weighted by molar-refractivity contribution is -0.116. The molecule has 2 rings (SSSR count). The number of rotatable bonds is 4. The Hall–Kier alpha value is -1.62. The topological polar surface area (TPSA) is 46.9 Å². The summed E-state index contributed by atoms with van der Waals surface area (Å²) >= 11 is 1.49. The first-order valence-corrected chi connectivity index (χ1v) is 5.89. The molecule has 4 nitrogen and oxygen atoms in total. The summed E-state index contributed by atoms with van der Waals surface area (Å²) in [7, 11) is 0. The third-order valence-corrected chi connectivity index (χ3v) is 2.96. The van der Waals surface area contributed by atoms with Crippen LogP contribution in [0.15, 0.2) is 30.7 Å². The lowest BCUT2D eigenvalue weighted by Gasteiger charge is -2.02. The first-order chi connectivity index (χ1) is 7.74. The molecule has 0 aliphatic rings. The lowest BCUT2D eigenvalue weighted by atomic mass is 10.4. The van der Waals surface area contributed by atoms with Crippen LogP contribution in [0.3, 0.4) is 0 Å². The first-order valence-electron chi connectivity index (χ1n) is 5.07. The van der Waals surface area contributed by atoms with Gasteiger partial charge in [-0.25, -0.2) is 4.98 Å². The third kappa shape index (κ3) is 2.93. The van der Waals surface area contributed by atoms with Crippen LogP contribution >= 0.6 is 11.3 Å². The van der Waals surface area contributed by atoms with Crippen LogP contribution in [0, 0.1) is 6.92 Å². The number of nitrogens with one attached hydrogen (secondary N) is 1. The molecule has 84 valence electrons. The SMILES string of the molecule is Cc1cnc(NC(=O)CCn2cccc2)s1. The molecular formula is C11H13N3OS. The van der Waals surface area contributed by atoms with Crippen LogP contribution in [0.5, 0.6) is 0 Å². The number of carbonyl (C=O) groups excluding carboxylic acids is 1. The minimum absolute atomic E-state index is 0.00282. The standard InChI is InChI=1S/C11H13N3OS/c1-9-8-12-11(16-9)13-10(15)4-7-14-5-2-3-6-14/h2-3,5-6,8H,4,7H2,1H3,(H,12,13,15). The number of aryl methyl sites for hydroxylation is 2. The third-order valence-electron chi connectivity index (χ3n) is 2.13. The van der Waals surface area contributed by atoms with Crippen molar-refractivity contribution in [1.29, 1.82) is 0 Å². The van der Waals surface area contributed by atoms with Crippen molar-refractivity contribution in [3.05, 3.63) is 35.6 Å². The van der Waals surface area contributed by atoms with Crippen LogP contribution in [0.25, 0.3) is 0 Å². The van der Waals surface area contributed by atoms with Gasteiger partial charge >= 0.3 is 0 Å². The van der Waals surface area contributed by atoms with Crippen LogP contribution in [0.2, 0.25) is 0 Å². The van der Waals surface area contributed by atoms with Crippen LogP contribution in [-0.2, 0) is 11.3 Å². The zero-order chi connectivity index (χ0) is 11.4. The number of thiazole rings is 1. The molecule has 0 atom stereocenters. The van der Waals surface area contributed by atoms with Crippen molar-refractivity contribution in [2.75, 3.05) is 5.32 Å². The van der Waals surface area contributed by atoms with Gasteiger partial charge in [0.2, 0.25) is 5.91 Å². The molecule has 0 bridgehead atoms. The highest BCUT2D eigenvalue weighted by Crippen LogP contribution is 2.16. The van der Waals surface area contributed by atoms with Gasteiger partial charge in [-0.1, -0.05) is 0 Å². The molecule has 0 unspecified atom stereocenters. The lowest BCUT2D eigenvalue weighted by Crippen LogP contribution is -2.13. The summed E-state index contributed by atoms with van der Waals surface area (Å²) in [5, 5.41) is 3.46. The predicted molar refractivity (Wildman–Crippen MR) is 64.5 cm³/mol. The van der Waals surface area contributed by atoms with Crippen molar-refractivity contribution < 1.29 is 4.79 Å². The molecular weight excluding hydrogens is 222 g/mol. The molecule has 16 heavy (non-hydrogen) atoms. The summed E-state index contributed by atoms with van der Waals surface area (Å²) in [6.45, 7) is 2.66. The van der Waals surface area contributed by atoms with Gasteiger partial charge < -0.3 is 9.88 Å². The van der Waals surface area contributed by atoms with E-state index in [1.807, 2.05) is 36.0 Å². The number of aromatic nitrogens is 2. The Morgan fingerprint density at radius 1 is 1.50 bits per heavy atom. The Kier molecular flexibility index (Phi) is 3.36. The van der Waals surface area contributed by atoms with Gasteiger partial charge in [0.1, 0.15) is 0 Å². The molecule has 0 saturated carbocycles. The molecule has 0 radical (unpaired) electrons. The Bertz CT molecular complexity index is 461. The summed E-state index contributed by atoms with van der Waals surface area (Å²) < 4.78 is 1.98. The Morgan fingerprint density at radius 3 is 2.88 bits per heavy atom. The van der Waals surface area contributed by atoms with Crippen LogP contribution in [-0.4, -0.2) is 15.5 Å². The monoisotopic (exact) mass is 235 g/mol. The number of hydrogen-bond acceptors (Lipinski definition) is 3. The van der Waals surface area contributed by atoms with Gasteiger partial charge in [0.05, 0.1) is 0 Å². The van der Waals surface area contributed by atoms with Crippen molar-refractivity contribution >= 4 is 22.4 Å². The highest BCUT2D eigenvalue weighted by atomic mass is 32.1. The Balaban J connectivity index is 1.81. The zero-order valence-corrected chi connectivity index (χ0v) is 9.83. The van der Waals surface area contributed by atoms with E-state index in [1.165, 1.54) is 11.3 Å². The van der Waals surface area contributed by atoms with E-state index in [9.17, 15) is 4.79 Å². The maximum absolute atomic E-state index is 11.6. The van der Waals surface area contributed by atoms with Gasteiger partial charge in [0, 0.05) is 36.4 Å². The molecule has 0 saturated heterocycles. The Morgan fingerprint density at radius 2 is 2.25 bits per heavy atom. The van der Waals surface area contributed by atoms with Crippen molar-refractivity contribution in [2.24, 2.45) is 0 Å². The number of nitrogens with zero attached hydrogens (tertiary/aromatic N) is 2. The molecule has 2 heterocycles. The van der Waals surface area contributed by atoms with Crippen LogP contribution in [0.4, 0.5) is 5.13 Å². The highest BCUT2D eigenvalue weighted by molar-refractivity contribution is 7.15. The molecule has 0 spiro atoms. The average molecular weight is 235 g/mol. The second kappa shape index (κ2) is 4.94. The van der Waals surface area contributed by atoms with E-state index in [0.717, 1.165) is 4.88 Å². The minimum Gasteiger partial charge on any atom is -0.354 e. The maximum Gasteiger partial charge on any atom is 0.227 e. The normalized spacial score (nSPS) is 10.3. The van der Waals surface area contributed by atoms with Gasteiger partial charge in [-0.05, 0) is 19.1 Å². The fraction of sp³-hybridized carbons (Fsp3) is 0.273. The fourth-order valence-corrected chi connectivity index (χ4v) is 2.02. The van der Waals surface area contributed by atoms with Gasteiger partial charge in [0.15, 0.2) is 5.13 Å². The summed E-state index contributed by atoms with van der Waals surface area (Å²) in [4.78, 5) is 16.7. The molecule has 2 aromatic heterocycles.